The number of methoxy groups -OCH3 is 1. The van der Waals surface area contributed by atoms with E-state index in [0.717, 1.165) is 48.2 Å². The maximum Gasteiger partial charge on any atom is 0.294 e. The predicted octanol–water partition coefficient (Wildman–Crippen LogP) is 1.47. The summed E-state index contributed by atoms with van der Waals surface area (Å²) in [5.74, 6) is 1.02. The topological polar surface area (TPSA) is 46.0 Å². The predicted molar refractivity (Wildman–Crippen MR) is 101 cm³/mol. The lowest BCUT2D eigenvalue weighted by Crippen LogP contribution is -3.19. The van der Waals surface area contributed by atoms with Crippen molar-refractivity contribution in [1.82, 2.24) is 0 Å². The zero-order valence-corrected chi connectivity index (χ0v) is 15.0. The number of amides is 1. The Morgan fingerprint density at radius 2 is 1.84 bits per heavy atom. The van der Waals surface area contributed by atoms with Crippen LogP contribution in [0.25, 0.3) is 0 Å². The van der Waals surface area contributed by atoms with Gasteiger partial charge in [0, 0.05) is 4.90 Å². The SMILES string of the molecule is COc1ccccc1N1CC[NH+]([C@@H]2Sc3ccccc3NC2=O)CC1. The van der Waals surface area contributed by atoms with E-state index in [0.29, 0.717) is 0 Å². The zero-order valence-electron chi connectivity index (χ0n) is 14.2. The van der Waals surface area contributed by atoms with E-state index < -0.39 is 0 Å². The quantitative estimate of drug-likeness (QED) is 0.874. The summed E-state index contributed by atoms with van der Waals surface area (Å²) in [6.45, 7) is 3.71. The second-order valence-corrected chi connectivity index (χ2v) is 7.45. The van der Waals surface area contributed by atoms with Gasteiger partial charge in [0.15, 0.2) is 0 Å². The molecule has 2 aliphatic heterocycles. The molecule has 2 N–H and O–H groups in total. The second-order valence-electron chi connectivity index (χ2n) is 6.30. The molecule has 0 unspecified atom stereocenters. The Morgan fingerprint density at radius 1 is 1.12 bits per heavy atom. The van der Waals surface area contributed by atoms with Crippen LogP contribution in [0.3, 0.4) is 0 Å². The lowest BCUT2D eigenvalue weighted by Gasteiger charge is -2.38. The lowest BCUT2D eigenvalue weighted by molar-refractivity contribution is -0.902. The van der Waals surface area contributed by atoms with Crippen molar-refractivity contribution in [2.45, 2.75) is 10.3 Å². The number of benzene rings is 2. The number of thioether (sulfide) groups is 1. The number of carbonyl (C=O) groups excluding carboxylic acids is 1. The molecule has 1 fully saturated rings. The average molecular weight is 356 g/mol. The van der Waals surface area contributed by atoms with Crippen molar-refractivity contribution in [3.05, 3.63) is 48.5 Å². The van der Waals surface area contributed by atoms with Gasteiger partial charge in [-0.2, -0.15) is 0 Å². The van der Waals surface area contributed by atoms with Gasteiger partial charge in [-0.25, -0.2) is 0 Å². The summed E-state index contributed by atoms with van der Waals surface area (Å²) >= 11 is 1.68. The fraction of sp³-hybridized carbons (Fsp3) is 0.316. The van der Waals surface area contributed by atoms with Crippen LogP contribution in [0.5, 0.6) is 5.75 Å². The van der Waals surface area contributed by atoms with Crippen LogP contribution >= 0.6 is 11.8 Å². The summed E-state index contributed by atoms with van der Waals surface area (Å²) in [5, 5.41) is 2.98. The van der Waals surface area contributed by atoms with Crippen LogP contribution in [0, 0.1) is 0 Å². The number of nitrogens with zero attached hydrogens (tertiary/aromatic N) is 1. The number of piperazine rings is 1. The third kappa shape index (κ3) is 3.19. The van der Waals surface area contributed by atoms with E-state index in [2.05, 4.69) is 22.3 Å². The fourth-order valence-corrected chi connectivity index (χ4v) is 4.73. The standard InChI is InChI=1S/C19H21N3O2S/c1-24-16-8-4-3-7-15(16)21-10-12-22(13-11-21)19-18(23)20-14-6-2-5-9-17(14)25-19/h2-9,19H,10-13H2,1H3,(H,20,23)/p+1/t19-/m1/s1. The first kappa shape index (κ1) is 16.3. The fourth-order valence-electron chi connectivity index (χ4n) is 3.51. The molecular formula is C19H22N3O2S+. The third-order valence-corrected chi connectivity index (χ3v) is 6.22. The molecule has 2 aromatic carbocycles. The minimum Gasteiger partial charge on any atom is -0.495 e. The molecule has 1 atom stereocenters. The molecule has 2 heterocycles. The molecule has 2 aliphatic rings. The minimum atomic E-state index is -0.0743. The molecule has 0 bridgehead atoms. The smallest absolute Gasteiger partial charge is 0.294 e. The highest BCUT2D eigenvalue weighted by Crippen LogP contribution is 2.33. The van der Waals surface area contributed by atoms with Crippen molar-refractivity contribution in [3.63, 3.8) is 0 Å². The molecule has 130 valence electrons. The summed E-state index contributed by atoms with van der Waals surface area (Å²) in [4.78, 5) is 17.4. The number of quaternary nitrogens is 1. The Balaban J connectivity index is 1.45. The molecule has 0 spiro atoms. The van der Waals surface area contributed by atoms with Crippen molar-refractivity contribution >= 4 is 29.0 Å². The second kappa shape index (κ2) is 6.98. The van der Waals surface area contributed by atoms with E-state index in [1.54, 1.807) is 18.9 Å². The van der Waals surface area contributed by atoms with Gasteiger partial charge in [-0.15, -0.1) is 0 Å². The van der Waals surface area contributed by atoms with Crippen LogP contribution in [0.2, 0.25) is 0 Å². The maximum atomic E-state index is 12.5. The van der Waals surface area contributed by atoms with E-state index in [9.17, 15) is 4.79 Å². The molecule has 4 rings (SSSR count). The Bertz CT molecular complexity index is 775. The van der Waals surface area contributed by atoms with E-state index in [1.807, 2.05) is 36.4 Å². The van der Waals surface area contributed by atoms with Gasteiger partial charge in [0.05, 0.1) is 44.7 Å². The number of anilines is 2. The number of para-hydroxylation sites is 3. The molecule has 6 heteroatoms. The number of hydrogen-bond donors (Lipinski definition) is 2. The van der Waals surface area contributed by atoms with Crippen LogP contribution in [0.15, 0.2) is 53.4 Å². The summed E-state index contributed by atoms with van der Waals surface area (Å²) < 4.78 is 5.48. The first-order valence-corrected chi connectivity index (χ1v) is 9.43. The zero-order chi connectivity index (χ0) is 17.2. The molecule has 0 saturated carbocycles. The van der Waals surface area contributed by atoms with Gasteiger partial charge in [0.1, 0.15) is 5.75 Å². The monoisotopic (exact) mass is 356 g/mol. The Labute approximate surface area is 151 Å². The normalized spacial score (nSPS) is 20.8. The molecule has 1 amide bonds. The van der Waals surface area contributed by atoms with Gasteiger partial charge in [-0.05, 0) is 24.3 Å². The van der Waals surface area contributed by atoms with Gasteiger partial charge < -0.3 is 19.9 Å². The molecular weight excluding hydrogens is 334 g/mol. The van der Waals surface area contributed by atoms with Crippen molar-refractivity contribution < 1.29 is 14.4 Å². The molecule has 0 aromatic heterocycles. The first-order chi connectivity index (χ1) is 12.3. The van der Waals surface area contributed by atoms with Crippen LogP contribution in [-0.2, 0) is 4.79 Å². The number of ether oxygens (including phenoxy) is 1. The Morgan fingerprint density at radius 3 is 2.64 bits per heavy atom. The molecule has 1 saturated heterocycles. The number of hydrogen-bond acceptors (Lipinski definition) is 4. The molecule has 5 nitrogen and oxygen atoms in total. The van der Waals surface area contributed by atoms with Gasteiger partial charge >= 0.3 is 0 Å². The van der Waals surface area contributed by atoms with Crippen molar-refractivity contribution in [2.75, 3.05) is 43.5 Å². The summed E-state index contributed by atoms with van der Waals surface area (Å²) in [7, 11) is 1.71. The molecule has 0 radical (unpaired) electrons. The number of rotatable bonds is 3. The highest BCUT2D eigenvalue weighted by Gasteiger charge is 2.37. The number of fused-ring (bicyclic) bond motifs is 1. The maximum absolute atomic E-state index is 12.5. The third-order valence-electron chi connectivity index (χ3n) is 4.83. The van der Waals surface area contributed by atoms with Crippen LogP contribution in [0.1, 0.15) is 0 Å². The highest BCUT2D eigenvalue weighted by atomic mass is 32.2. The lowest BCUT2D eigenvalue weighted by atomic mass is 10.2. The summed E-state index contributed by atoms with van der Waals surface area (Å²) in [6.07, 6.45) is 0. The average Bonchev–Trinajstić information content (AvgIpc) is 2.67. The van der Waals surface area contributed by atoms with E-state index in [1.165, 1.54) is 4.90 Å². The van der Waals surface area contributed by atoms with Crippen LogP contribution in [-0.4, -0.2) is 44.6 Å². The van der Waals surface area contributed by atoms with Crippen LogP contribution in [0.4, 0.5) is 11.4 Å². The number of carbonyl (C=O) groups is 1. The first-order valence-electron chi connectivity index (χ1n) is 8.55. The Hall–Kier alpha value is -2.18. The molecule has 25 heavy (non-hydrogen) atoms. The van der Waals surface area contributed by atoms with Crippen molar-refractivity contribution in [1.29, 1.82) is 0 Å². The minimum absolute atomic E-state index is 0.0743. The summed E-state index contributed by atoms with van der Waals surface area (Å²) in [6, 6.07) is 16.2. The molecule has 0 aliphatic carbocycles. The highest BCUT2D eigenvalue weighted by molar-refractivity contribution is 8.00. The van der Waals surface area contributed by atoms with Gasteiger partial charge in [0.25, 0.3) is 5.91 Å². The Kier molecular flexibility index (Phi) is 4.55. The molecule has 2 aromatic rings. The van der Waals surface area contributed by atoms with Gasteiger partial charge in [-0.3, -0.25) is 4.79 Å². The number of nitrogens with one attached hydrogen (secondary N) is 2. The van der Waals surface area contributed by atoms with E-state index in [4.69, 9.17) is 4.74 Å². The summed E-state index contributed by atoms with van der Waals surface area (Å²) in [5.41, 5.74) is 2.07. The largest absolute Gasteiger partial charge is 0.495 e. The van der Waals surface area contributed by atoms with Gasteiger partial charge in [0.2, 0.25) is 5.37 Å². The van der Waals surface area contributed by atoms with Crippen molar-refractivity contribution in [3.8, 4) is 5.75 Å². The van der Waals surface area contributed by atoms with E-state index >= 15 is 0 Å². The van der Waals surface area contributed by atoms with Crippen LogP contribution < -0.4 is 19.9 Å². The van der Waals surface area contributed by atoms with Crippen molar-refractivity contribution in [2.24, 2.45) is 0 Å². The van der Waals surface area contributed by atoms with Gasteiger partial charge in [-0.1, -0.05) is 36.0 Å². The van der Waals surface area contributed by atoms with E-state index in [-0.39, 0.29) is 11.3 Å².